The van der Waals surface area contributed by atoms with Gasteiger partial charge in [0.1, 0.15) is 24.1 Å². The van der Waals surface area contributed by atoms with Gasteiger partial charge in [-0.2, -0.15) is 0 Å². The highest BCUT2D eigenvalue weighted by molar-refractivity contribution is 5.89. The Balaban J connectivity index is 1.59. The third kappa shape index (κ3) is 3.54. The Morgan fingerprint density at radius 1 is 1.25 bits per heavy atom. The van der Waals surface area contributed by atoms with Crippen LogP contribution in [0.3, 0.4) is 0 Å². The second-order valence-electron chi connectivity index (χ2n) is 6.33. The number of hydrogen-bond donors (Lipinski definition) is 1. The number of aliphatic hydroxyl groups excluding tert-OH is 1. The number of carbonyl (C=O) groups is 1. The second kappa shape index (κ2) is 6.68. The summed E-state index contributed by atoms with van der Waals surface area (Å²) in [5, 5.41) is 10.4. The van der Waals surface area contributed by atoms with Gasteiger partial charge in [-0.1, -0.05) is 0 Å². The van der Waals surface area contributed by atoms with Crippen LogP contribution in [0.1, 0.15) is 24.2 Å². The molecule has 2 heterocycles. The van der Waals surface area contributed by atoms with Gasteiger partial charge in [0.05, 0.1) is 25.9 Å². The number of hydrogen-bond acceptors (Lipinski definition) is 7. The fourth-order valence-electron chi connectivity index (χ4n) is 2.86. The Morgan fingerprint density at radius 3 is 2.54 bits per heavy atom. The van der Waals surface area contributed by atoms with E-state index in [1.165, 1.54) is 0 Å². The molecule has 0 amide bonds. The van der Waals surface area contributed by atoms with Crippen molar-refractivity contribution in [1.29, 1.82) is 0 Å². The summed E-state index contributed by atoms with van der Waals surface area (Å²) in [6, 6.07) is 6.56. The lowest BCUT2D eigenvalue weighted by atomic mass is 10.1. The van der Waals surface area contributed by atoms with Gasteiger partial charge in [-0.3, -0.25) is 0 Å². The zero-order chi connectivity index (χ0) is 17.3. The molecule has 2 aliphatic heterocycles. The van der Waals surface area contributed by atoms with Crippen LogP contribution in [0.2, 0.25) is 0 Å². The van der Waals surface area contributed by atoms with Crippen molar-refractivity contribution in [3.63, 3.8) is 0 Å². The number of carbonyl (C=O) groups excluding carboxylic acids is 1. The molecule has 0 aromatic heterocycles. The van der Waals surface area contributed by atoms with E-state index in [4.69, 9.17) is 23.7 Å². The lowest BCUT2D eigenvalue weighted by Crippen LogP contribution is -2.41. The molecule has 4 atom stereocenters. The molecule has 132 valence electrons. The first-order valence-electron chi connectivity index (χ1n) is 7.86. The molecule has 7 heteroatoms. The van der Waals surface area contributed by atoms with Gasteiger partial charge in [0.25, 0.3) is 0 Å². The highest BCUT2D eigenvalue weighted by atomic mass is 16.8. The number of ether oxygens (including phenoxy) is 5. The smallest absolute Gasteiger partial charge is 0.338 e. The molecular weight excluding hydrogens is 316 g/mol. The van der Waals surface area contributed by atoms with Gasteiger partial charge in [0.15, 0.2) is 11.9 Å². The predicted octanol–water partition coefficient (Wildman–Crippen LogP) is 1.13. The monoisotopic (exact) mass is 338 g/mol. The first kappa shape index (κ1) is 17.2. The molecule has 24 heavy (non-hydrogen) atoms. The Labute approximate surface area is 140 Å². The molecule has 0 aliphatic carbocycles. The summed E-state index contributed by atoms with van der Waals surface area (Å²) in [5.74, 6) is -0.572. The lowest BCUT2D eigenvalue weighted by molar-refractivity contribution is -0.158. The van der Waals surface area contributed by atoms with Crippen molar-refractivity contribution in [2.45, 2.75) is 44.1 Å². The van der Waals surface area contributed by atoms with Crippen LogP contribution >= 0.6 is 0 Å². The Kier molecular flexibility index (Phi) is 4.78. The molecule has 1 aromatic rings. The average Bonchev–Trinajstić information content (AvgIpc) is 3.10. The fourth-order valence-corrected chi connectivity index (χ4v) is 2.86. The van der Waals surface area contributed by atoms with E-state index in [1.54, 1.807) is 45.2 Å². The van der Waals surface area contributed by atoms with Gasteiger partial charge < -0.3 is 28.8 Å². The molecule has 1 aromatic carbocycles. The number of benzene rings is 1. The topological polar surface area (TPSA) is 83.5 Å². The van der Waals surface area contributed by atoms with Crippen molar-refractivity contribution in [3.8, 4) is 5.75 Å². The fraction of sp³-hybridized carbons (Fsp3) is 0.588. The molecule has 0 spiro atoms. The van der Waals surface area contributed by atoms with Crippen molar-refractivity contribution in [2.75, 3.05) is 20.3 Å². The third-order valence-corrected chi connectivity index (χ3v) is 4.15. The summed E-state index contributed by atoms with van der Waals surface area (Å²) >= 11 is 0. The van der Waals surface area contributed by atoms with E-state index in [-0.39, 0.29) is 12.7 Å². The first-order chi connectivity index (χ1) is 11.4. The van der Waals surface area contributed by atoms with Crippen LogP contribution in [0.4, 0.5) is 0 Å². The third-order valence-electron chi connectivity index (χ3n) is 4.15. The van der Waals surface area contributed by atoms with E-state index in [1.807, 2.05) is 0 Å². The molecule has 0 saturated carbocycles. The van der Waals surface area contributed by atoms with Gasteiger partial charge in [-0.25, -0.2) is 4.79 Å². The first-order valence-corrected chi connectivity index (χ1v) is 7.86. The van der Waals surface area contributed by atoms with Gasteiger partial charge >= 0.3 is 5.97 Å². The Bertz CT molecular complexity index is 583. The Morgan fingerprint density at radius 2 is 1.96 bits per heavy atom. The van der Waals surface area contributed by atoms with Crippen LogP contribution in [0, 0.1) is 0 Å². The quantitative estimate of drug-likeness (QED) is 0.824. The standard InChI is InChI=1S/C17H22O7/c1-17(2)22-9-13(24-17)15-14(18)12(8-21-15)23-16(19)10-4-6-11(20-3)7-5-10/h4-7,12-15,18H,8-9H2,1-3H3/t12-,13+,14+,15+/m0/s1. The zero-order valence-corrected chi connectivity index (χ0v) is 13.9. The lowest BCUT2D eigenvalue weighted by Gasteiger charge is -2.23. The van der Waals surface area contributed by atoms with Gasteiger partial charge in [-0.15, -0.1) is 0 Å². The largest absolute Gasteiger partial charge is 0.497 e. The molecule has 1 N–H and O–H groups in total. The number of esters is 1. The molecule has 2 saturated heterocycles. The van der Waals surface area contributed by atoms with Crippen molar-refractivity contribution < 1.29 is 33.6 Å². The van der Waals surface area contributed by atoms with Crippen molar-refractivity contribution in [1.82, 2.24) is 0 Å². The van der Waals surface area contributed by atoms with Crippen LogP contribution in [0.15, 0.2) is 24.3 Å². The number of rotatable bonds is 4. The van der Waals surface area contributed by atoms with Gasteiger partial charge in [0.2, 0.25) is 0 Å². The number of methoxy groups -OCH3 is 1. The van der Waals surface area contributed by atoms with E-state index in [0.29, 0.717) is 17.9 Å². The maximum Gasteiger partial charge on any atom is 0.338 e. The molecule has 3 rings (SSSR count). The summed E-state index contributed by atoms with van der Waals surface area (Å²) < 4.78 is 27.2. The summed E-state index contributed by atoms with van der Waals surface area (Å²) in [6.07, 6.45) is -2.67. The molecule has 0 unspecified atom stereocenters. The van der Waals surface area contributed by atoms with Crippen molar-refractivity contribution in [2.24, 2.45) is 0 Å². The average molecular weight is 338 g/mol. The summed E-state index contributed by atoms with van der Waals surface area (Å²) in [7, 11) is 1.55. The summed E-state index contributed by atoms with van der Waals surface area (Å²) in [6.45, 7) is 4.05. The van der Waals surface area contributed by atoms with Gasteiger partial charge in [0, 0.05) is 0 Å². The molecule has 0 bridgehead atoms. The minimum atomic E-state index is -0.963. The maximum absolute atomic E-state index is 12.2. The minimum absolute atomic E-state index is 0.119. The minimum Gasteiger partial charge on any atom is -0.497 e. The van der Waals surface area contributed by atoms with Crippen LogP contribution < -0.4 is 4.74 Å². The van der Waals surface area contributed by atoms with E-state index in [2.05, 4.69) is 0 Å². The van der Waals surface area contributed by atoms with Crippen LogP contribution in [-0.2, 0) is 18.9 Å². The normalized spacial score (nSPS) is 31.8. The zero-order valence-electron chi connectivity index (χ0n) is 13.9. The molecule has 2 aliphatic rings. The van der Waals surface area contributed by atoms with Crippen molar-refractivity contribution in [3.05, 3.63) is 29.8 Å². The summed E-state index contributed by atoms with van der Waals surface area (Å²) in [5.41, 5.74) is 0.382. The summed E-state index contributed by atoms with van der Waals surface area (Å²) in [4.78, 5) is 12.2. The van der Waals surface area contributed by atoms with E-state index < -0.39 is 30.1 Å². The van der Waals surface area contributed by atoms with Crippen molar-refractivity contribution >= 4 is 5.97 Å². The SMILES string of the molecule is COc1ccc(C(=O)O[C@H]2CO[C@H]([C@H]3COC(C)(C)O3)[C@@H]2O)cc1. The number of aliphatic hydroxyl groups is 1. The molecule has 2 fully saturated rings. The van der Waals surface area contributed by atoms with Crippen LogP contribution in [0.5, 0.6) is 5.75 Å². The maximum atomic E-state index is 12.2. The van der Waals surface area contributed by atoms with E-state index in [0.717, 1.165) is 0 Å². The van der Waals surface area contributed by atoms with E-state index >= 15 is 0 Å². The highest BCUT2D eigenvalue weighted by Crippen LogP contribution is 2.30. The van der Waals surface area contributed by atoms with Gasteiger partial charge in [-0.05, 0) is 38.1 Å². The highest BCUT2D eigenvalue weighted by Gasteiger charge is 2.48. The molecule has 0 radical (unpaired) electrons. The second-order valence-corrected chi connectivity index (χ2v) is 6.33. The Hall–Kier alpha value is -1.67. The van der Waals surface area contributed by atoms with Crippen LogP contribution in [-0.4, -0.2) is 61.6 Å². The van der Waals surface area contributed by atoms with Crippen LogP contribution in [0.25, 0.3) is 0 Å². The molecular formula is C17H22O7. The molecule has 7 nitrogen and oxygen atoms in total. The van der Waals surface area contributed by atoms with E-state index in [9.17, 15) is 9.90 Å². The predicted molar refractivity (Wildman–Crippen MR) is 82.8 cm³/mol.